The quantitative estimate of drug-likeness (QED) is 0.763. The Bertz CT molecular complexity index is 805. The van der Waals surface area contributed by atoms with Crippen LogP contribution in [0, 0.1) is 13.8 Å². The van der Waals surface area contributed by atoms with Gasteiger partial charge in [-0.05, 0) is 55.7 Å². The first-order chi connectivity index (χ1) is 11.8. The average Bonchev–Trinajstić information content (AvgIpc) is 2.57. The maximum atomic E-state index is 12.4. The second kappa shape index (κ2) is 8.08. The van der Waals surface area contributed by atoms with E-state index in [-0.39, 0.29) is 5.91 Å². The monoisotopic (exact) mass is 359 g/mol. The van der Waals surface area contributed by atoms with Crippen molar-refractivity contribution in [3.05, 3.63) is 58.1 Å². The molecule has 0 aromatic heterocycles. The zero-order valence-electron chi connectivity index (χ0n) is 15.1. The first-order valence-electron chi connectivity index (χ1n) is 7.84. The molecule has 0 saturated carbocycles. The third kappa shape index (κ3) is 4.54. The van der Waals surface area contributed by atoms with Crippen molar-refractivity contribution in [1.29, 1.82) is 0 Å². The molecule has 132 valence electrons. The van der Waals surface area contributed by atoms with Crippen LogP contribution in [0.2, 0.25) is 5.02 Å². The highest BCUT2D eigenvalue weighted by molar-refractivity contribution is 6.34. The Labute approximate surface area is 153 Å². The van der Waals surface area contributed by atoms with Gasteiger partial charge < -0.3 is 14.8 Å². The molecule has 0 unspecified atom stereocenters. The zero-order chi connectivity index (χ0) is 18.6. The molecule has 2 aromatic rings. The molecule has 25 heavy (non-hydrogen) atoms. The van der Waals surface area contributed by atoms with Gasteiger partial charge in [-0.25, -0.2) is 0 Å². The molecule has 2 rings (SSSR count). The molecule has 0 spiro atoms. The average molecular weight is 360 g/mol. The number of halogens is 1. The summed E-state index contributed by atoms with van der Waals surface area (Å²) in [6.45, 7) is 5.73. The second-order valence-electron chi connectivity index (χ2n) is 5.82. The van der Waals surface area contributed by atoms with Gasteiger partial charge in [0.05, 0.1) is 24.9 Å². The van der Waals surface area contributed by atoms with E-state index in [1.807, 2.05) is 45.0 Å². The van der Waals surface area contributed by atoms with Gasteiger partial charge in [0.1, 0.15) is 11.5 Å². The summed E-state index contributed by atoms with van der Waals surface area (Å²) in [6.07, 6.45) is 1.53. The summed E-state index contributed by atoms with van der Waals surface area (Å²) in [5, 5.41) is 3.38. The number of amides is 1. The molecule has 0 radical (unpaired) electrons. The number of rotatable bonds is 5. The highest BCUT2D eigenvalue weighted by Crippen LogP contribution is 2.31. The van der Waals surface area contributed by atoms with Crippen LogP contribution in [0.5, 0.6) is 11.5 Å². The van der Waals surface area contributed by atoms with E-state index in [9.17, 15) is 4.79 Å². The predicted molar refractivity (Wildman–Crippen MR) is 103 cm³/mol. The standard InChI is InChI=1S/C20H22ClNO3/c1-12-8-14(3)20(17(21)9-12)22-19(23)10-13(2)16-7-6-15(24-4)11-18(16)25-5/h6-11H,1-5H3,(H,22,23)/b13-10+. The molecule has 0 saturated heterocycles. The van der Waals surface area contributed by atoms with Crippen molar-refractivity contribution in [2.45, 2.75) is 20.8 Å². The molecule has 1 amide bonds. The summed E-state index contributed by atoms with van der Waals surface area (Å²) in [4.78, 5) is 12.4. The van der Waals surface area contributed by atoms with Crippen LogP contribution < -0.4 is 14.8 Å². The summed E-state index contributed by atoms with van der Waals surface area (Å²) in [6, 6.07) is 9.28. The lowest BCUT2D eigenvalue weighted by Gasteiger charge is -2.12. The van der Waals surface area contributed by atoms with E-state index in [0.717, 1.165) is 22.3 Å². The zero-order valence-corrected chi connectivity index (χ0v) is 15.8. The van der Waals surface area contributed by atoms with Crippen molar-refractivity contribution in [3.63, 3.8) is 0 Å². The molecule has 1 N–H and O–H groups in total. The molecule has 0 aliphatic carbocycles. The van der Waals surface area contributed by atoms with E-state index in [4.69, 9.17) is 21.1 Å². The molecule has 0 aliphatic rings. The smallest absolute Gasteiger partial charge is 0.248 e. The van der Waals surface area contributed by atoms with Gasteiger partial charge in [-0.15, -0.1) is 0 Å². The number of benzene rings is 2. The number of hydrogen-bond donors (Lipinski definition) is 1. The Hall–Kier alpha value is -2.46. The number of nitrogens with one attached hydrogen (secondary N) is 1. The highest BCUT2D eigenvalue weighted by atomic mass is 35.5. The third-order valence-corrected chi connectivity index (χ3v) is 4.16. The van der Waals surface area contributed by atoms with Crippen molar-refractivity contribution in [2.24, 2.45) is 0 Å². The largest absolute Gasteiger partial charge is 0.497 e. The van der Waals surface area contributed by atoms with E-state index in [0.29, 0.717) is 22.2 Å². The van der Waals surface area contributed by atoms with E-state index in [1.165, 1.54) is 6.08 Å². The Morgan fingerprint density at radius 1 is 1.12 bits per heavy atom. The van der Waals surface area contributed by atoms with Crippen molar-refractivity contribution in [1.82, 2.24) is 0 Å². The van der Waals surface area contributed by atoms with Gasteiger partial charge in [0.2, 0.25) is 5.91 Å². The number of carbonyl (C=O) groups excluding carboxylic acids is 1. The minimum atomic E-state index is -0.246. The van der Waals surface area contributed by atoms with Gasteiger partial charge in [0.25, 0.3) is 0 Å². The third-order valence-electron chi connectivity index (χ3n) is 3.86. The van der Waals surface area contributed by atoms with Crippen molar-refractivity contribution < 1.29 is 14.3 Å². The molecule has 0 atom stereocenters. The Morgan fingerprint density at radius 2 is 1.84 bits per heavy atom. The van der Waals surface area contributed by atoms with Crippen LogP contribution >= 0.6 is 11.6 Å². The Kier molecular flexibility index (Phi) is 6.10. The highest BCUT2D eigenvalue weighted by Gasteiger charge is 2.11. The summed E-state index contributed by atoms with van der Waals surface area (Å²) >= 11 is 6.24. The van der Waals surface area contributed by atoms with E-state index in [1.54, 1.807) is 20.3 Å². The van der Waals surface area contributed by atoms with Gasteiger partial charge in [-0.3, -0.25) is 4.79 Å². The lowest BCUT2D eigenvalue weighted by atomic mass is 10.1. The number of anilines is 1. The van der Waals surface area contributed by atoms with Gasteiger partial charge in [-0.1, -0.05) is 17.7 Å². The fraction of sp³-hybridized carbons (Fsp3) is 0.250. The van der Waals surface area contributed by atoms with Crippen LogP contribution in [-0.2, 0) is 4.79 Å². The molecule has 0 fully saturated rings. The number of aryl methyl sites for hydroxylation is 2. The Morgan fingerprint density at radius 3 is 2.44 bits per heavy atom. The minimum Gasteiger partial charge on any atom is -0.497 e. The molecule has 5 heteroatoms. The van der Waals surface area contributed by atoms with Gasteiger partial charge in [0, 0.05) is 17.7 Å². The second-order valence-corrected chi connectivity index (χ2v) is 6.23. The number of allylic oxidation sites excluding steroid dienone is 1. The van der Waals surface area contributed by atoms with Crippen LogP contribution in [0.1, 0.15) is 23.6 Å². The topological polar surface area (TPSA) is 47.6 Å². The van der Waals surface area contributed by atoms with Crippen molar-refractivity contribution in [2.75, 3.05) is 19.5 Å². The SMILES string of the molecule is COc1ccc(/C(C)=C/C(=O)Nc2c(C)cc(C)cc2Cl)c(OC)c1. The predicted octanol–water partition coefficient (Wildman–Crippen LogP) is 5.02. The lowest BCUT2D eigenvalue weighted by molar-refractivity contribution is -0.111. The Balaban J connectivity index is 2.27. The maximum Gasteiger partial charge on any atom is 0.248 e. The first-order valence-corrected chi connectivity index (χ1v) is 8.22. The van der Waals surface area contributed by atoms with Gasteiger partial charge in [0.15, 0.2) is 0 Å². The van der Waals surface area contributed by atoms with Crippen LogP contribution in [0.15, 0.2) is 36.4 Å². The fourth-order valence-corrected chi connectivity index (χ4v) is 3.00. The molecule has 2 aromatic carbocycles. The lowest BCUT2D eigenvalue weighted by Crippen LogP contribution is -2.10. The normalized spacial score (nSPS) is 11.2. The van der Waals surface area contributed by atoms with E-state index >= 15 is 0 Å². The molecule has 0 bridgehead atoms. The van der Waals surface area contributed by atoms with E-state index < -0.39 is 0 Å². The van der Waals surface area contributed by atoms with Crippen molar-refractivity contribution in [3.8, 4) is 11.5 Å². The minimum absolute atomic E-state index is 0.246. The summed E-state index contributed by atoms with van der Waals surface area (Å²) in [5.41, 5.74) is 4.20. The van der Waals surface area contributed by atoms with Crippen molar-refractivity contribution >= 4 is 28.8 Å². The fourth-order valence-electron chi connectivity index (χ4n) is 2.63. The van der Waals surface area contributed by atoms with Crippen LogP contribution in [0.4, 0.5) is 5.69 Å². The van der Waals surface area contributed by atoms with Crippen LogP contribution in [0.25, 0.3) is 5.57 Å². The molecular formula is C20H22ClNO3. The number of hydrogen-bond acceptors (Lipinski definition) is 3. The first kappa shape index (κ1) is 18.9. The number of carbonyl (C=O) groups is 1. The molecular weight excluding hydrogens is 338 g/mol. The summed E-state index contributed by atoms with van der Waals surface area (Å²) < 4.78 is 10.6. The summed E-state index contributed by atoms with van der Waals surface area (Å²) in [5.74, 6) is 1.09. The maximum absolute atomic E-state index is 12.4. The van der Waals surface area contributed by atoms with E-state index in [2.05, 4.69) is 5.32 Å². The molecule has 0 aliphatic heterocycles. The number of methoxy groups -OCH3 is 2. The van der Waals surface area contributed by atoms with Gasteiger partial charge in [-0.2, -0.15) is 0 Å². The molecule has 0 heterocycles. The van der Waals surface area contributed by atoms with Crippen LogP contribution in [0.3, 0.4) is 0 Å². The van der Waals surface area contributed by atoms with Crippen LogP contribution in [-0.4, -0.2) is 20.1 Å². The number of ether oxygens (including phenoxy) is 2. The molecule has 4 nitrogen and oxygen atoms in total. The summed E-state index contributed by atoms with van der Waals surface area (Å²) in [7, 11) is 3.18. The van der Waals surface area contributed by atoms with Gasteiger partial charge >= 0.3 is 0 Å².